The monoisotopic (exact) mass is 361 g/mol. The fourth-order valence-corrected chi connectivity index (χ4v) is 3.91. The number of rotatable bonds is 5. The van der Waals surface area contributed by atoms with Crippen molar-refractivity contribution in [2.75, 3.05) is 6.54 Å². The first kappa shape index (κ1) is 16.4. The van der Waals surface area contributed by atoms with Crippen molar-refractivity contribution in [1.29, 1.82) is 0 Å². The molecule has 1 fully saturated rings. The average molecular weight is 361 g/mol. The summed E-state index contributed by atoms with van der Waals surface area (Å²) in [6, 6.07) is 9.87. The lowest BCUT2D eigenvalue weighted by molar-refractivity contribution is 0.0955. The number of aromatic nitrogens is 4. The molecule has 0 radical (unpaired) electrons. The number of pyridine rings is 1. The summed E-state index contributed by atoms with van der Waals surface area (Å²) in [4.78, 5) is 17.6. The first-order valence-corrected chi connectivity index (χ1v) is 9.88. The number of hydrogen-bond acceptors (Lipinski definition) is 4. The van der Waals surface area contributed by atoms with E-state index in [-0.39, 0.29) is 5.91 Å². The van der Waals surface area contributed by atoms with Crippen molar-refractivity contribution in [2.24, 2.45) is 0 Å². The van der Waals surface area contributed by atoms with Crippen LogP contribution >= 0.6 is 0 Å². The zero-order valence-corrected chi connectivity index (χ0v) is 15.3. The molecule has 1 aliphatic carbocycles. The fourth-order valence-electron chi connectivity index (χ4n) is 3.91. The van der Waals surface area contributed by atoms with Crippen LogP contribution in [0.15, 0.2) is 30.3 Å². The summed E-state index contributed by atoms with van der Waals surface area (Å²) >= 11 is 0. The maximum absolute atomic E-state index is 12.9. The topological polar surface area (TPSA) is 72.7 Å². The average Bonchev–Trinajstić information content (AvgIpc) is 3.48. The normalized spacial score (nSPS) is 16.3. The van der Waals surface area contributed by atoms with Gasteiger partial charge in [-0.25, -0.2) is 0 Å². The molecule has 0 atom stereocenters. The highest BCUT2D eigenvalue weighted by Gasteiger charge is 2.27. The molecular formula is C21H23N5O. The first-order valence-electron chi connectivity index (χ1n) is 9.88. The molecule has 0 unspecified atom stereocenters. The number of amides is 1. The van der Waals surface area contributed by atoms with Crippen LogP contribution in [0.1, 0.15) is 59.3 Å². The van der Waals surface area contributed by atoms with E-state index in [1.54, 1.807) is 0 Å². The number of carbonyl (C=O) groups excluding carboxylic acids is 1. The Labute approximate surface area is 158 Å². The molecule has 1 saturated carbocycles. The van der Waals surface area contributed by atoms with Crippen molar-refractivity contribution < 1.29 is 4.79 Å². The van der Waals surface area contributed by atoms with Crippen LogP contribution in [0, 0.1) is 0 Å². The van der Waals surface area contributed by atoms with Gasteiger partial charge in [-0.15, -0.1) is 10.2 Å². The predicted molar refractivity (Wildman–Crippen MR) is 103 cm³/mol. The summed E-state index contributed by atoms with van der Waals surface area (Å²) in [5, 5.41) is 12.6. The van der Waals surface area contributed by atoms with Gasteiger partial charge in [0.1, 0.15) is 11.6 Å². The van der Waals surface area contributed by atoms with E-state index in [4.69, 9.17) is 4.98 Å². The molecule has 0 saturated heterocycles. The van der Waals surface area contributed by atoms with Gasteiger partial charge in [0.2, 0.25) is 0 Å². The molecule has 138 valence electrons. The highest BCUT2D eigenvalue weighted by Crippen LogP contribution is 2.40. The van der Waals surface area contributed by atoms with E-state index in [2.05, 4.69) is 20.1 Å². The number of nitrogens with zero attached hydrogens (tertiary/aromatic N) is 4. The van der Waals surface area contributed by atoms with E-state index in [0.29, 0.717) is 18.9 Å². The Morgan fingerprint density at radius 1 is 1.19 bits per heavy atom. The number of fused-ring (bicyclic) bond motifs is 2. The minimum atomic E-state index is -0.0334. The Morgan fingerprint density at radius 2 is 2.07 bits per heavy atom. The third-order valence-electron chi connectivity index (χ3n) is 5.55. The number of nitrogens with one attached hydrogen (secondary N) is 1. The summed E-state index contributed by atoms with van der Waals surface area (Å²) in [7, 11) is 0. The largest absolute Gasteiger partial charge is 0.352 e. The maximum atomic E-state index is 12.9. The molecule has 3 aromatic rings. The molecule has 1 amide bonds. The maximum Gasteiger partial charge on any atom is 0.252 e. The van der Waals surface area contributed by atoms with E-state index in [9.17, 15) is 4.79 Å². The second-order valence-corrected chi connectivity index (χ2v) is 7.53. The van der Waals surface area contributed by atoms with Crippen molar-refractivity contribution >= 4 is 16.8 Å². The zero-order valence-electron chi connectivity index (χ0n) is 15.3. The molecule has 1 N–H and O–H groups in total. The van der Waals surface area contributed by atoms with Crippen LogP contribution in [0.4, 0.5) is 0 Å². The van der Waals surface area contributed by atoms with Crippen LogP contribution in [-0.2, 0) is 19.4 Å². The van der Waals surface area contributed by atoms with E-state index >= 15 is 0 Å². The quantitative estimate of drug-likeness (QED) is 0.758. The summed E-state index contributed by atoms with van der Waals surface area (Å²) in [6.45, 7) is 1.55. The van der Waals surface area contributed by atoms with Crippen LogP contribution in [0.2, 0.25) is 0 Å². The van der Waals surface area contributed by atoms with Gasteiger partial charge in [-0.3, -0.25) is 9.78 Å². The third-order valence-corrected chi connectivity index (χ3v) is 5.55. The molecular weight excluding hydrogens is 338 g/mol. The number of carbonyl (C=O) groups is 1. The minimum absolute atomic E-state index is 0.0334. The van der Waals surface area contributed by atoms with Gasteiger partial charge in [0.05, 0.1) is 11.1 Å². The lowest BCUT2D eigenvalue weighted by atomic mass is 10.1. The molecule has 0 spiro atoms. The molecule has 1 aliphatic heterocycles. The van der Waals surface area contributed by atoms with Gasteiger partial charge in [-0.1, -0.05) is 18.2 Å². The number of benzene rings is 1. The molecule has 2 aromatic heterocycles. The lowest BCUT2D eigenvalue weighted by Crippen LogP contribution is -2.27. The van der Waals surface area contributed by atoms with Gasteiger partial charge < -0.3 is 9.88 Å². The van der Waals surface area contributed by atoms with Crippen molar-refractivity contribution in [3.8, 4) is 0 Å². The van der Waals surface area contributed by atoms with Crippen molar-refractivity contribution in [2.45, 2.75) is 51.0 Å². The molecule has 1 aromatic carbocycles. The second kappa shape index (κ2) is 6.76. The molecule has 6 nitrogen and oxygen atoms in total. The second-order valence-electron chi connectivity index (χ2n) is 7.53. The van der Waals surface area contributed by atoms with Gasteiger partial charge in [0.15, 0.2) is 0 Å². The van der Waals surface area contributed by atoms with E-state index in [0.717, 1.165) is 46.8 Å². The van der Waals surface area contributed by atoms with Crippen molar-refractivity contribution in [3.63, 3.8) is 0 Å². The standard InChI is InChI=1S/C21H23N5O/c27-21(22-11-10-20-25-24-19-7-3-4-12-26(19)20)16-13-18(14-8-9-14)23-17-6-2-1-5-15(16)17/h1-2,5-6,13-14H,3-4,7-12H2,(H,22,27). The Morgan fingerprint density at radius 3 is 2.96 bits per heavy atom. The highest BCUT2D eigenvalue weighted by atomic mass is 16.1. The highest BCUT2D eigenvalue weighted by molar-refractivity contribution is 6.06. The van der Waals surface area contributed by atoms with E-state index in [1.807, 2.05) is 30.3 Å². The fraction of sp³-hybridized carbons (Fsp3) is 0.429. The van der Waals surface area contributed by atoms with Crippen LogP contribution in [-0.4, -0.2) is 32.2 Å². The Balaban J connectivity index is 1.33. The molecule has 0 bridgehead atoms. The van der Waals surface area contributed by atoms with Crippen LogP contribution in [0.25, 0.3) is 10.9 Å². The minimum Gasteiger partial charge on any atom is -0.352 e. The van der Waals surface area contributed by atoms with Gasteiger partial charge in [0.25, 0.3) is 5.91 Å². The molecule has 6 heteroatoms. The number of hydrogen-bond donors (Lipinski definition) is 1. The van der Waals surface area contributed by atoms with Crippen LogP contribution in [0.3, 0.4) is 0 Å². The van der Waals surface area contributed by atoms with E-state index < -0.39 is 0 Å². The molecule has 27 heavy (non-hydrogen) atoms. The Bertz CT molecular complexity index is 1000. The molecule has 3 heterocycles. The summed E-state index contributed by atoms with van der Waals surface area (Å²) in [5.41, 5.74) is 2.68. The van der Waals surface area contributed by atoms with Crippen LogP contribution < -0.4 is 5.32 Å². The number of para-hydroxylation sites is 1. The summed E-state index contributed by atoms with van der Waals surface area (Å²) in [6.07, 6.45) is 6.42. The Hall–Kier alpha value is -2.76. The zero-order chi connectivity index (χ0) is 18.2. The van der Waals surface area contributed by atoms with Gasteiger partial charge >= 0.3 is 0 Å². The summed E-state index contributed by atoms with van der Waals surface area (Å²) in [5.74, 6) is 2.54. The first-order chi connectivity index (χ1) is 13.3. The van der Waals surface area contributed by atoms with Gasteiger partial charge in [0, 0.05) is 42.9 Å². The molecule has 5 rings (SSSR count). The van der Waals surface area contributed by atoms with Gasteiger partial charge in [-0.2, -0.15) is 0 Å². The predicted octanol–water partition coefficient (Wildman–Crippen LogP) is 3.01. The smallest absolute Gasteiger partial charge is 0.252 e. The Kier molecular flexibility index (Phi) is 4.11. The third kappa shape index (κ3) is 3.20. The summed E-state index contributed by atoms with van der Waals surface area (Å²) < 4.78 is 2.21. The lowest BCUT2D eigenvalue weighted by Gasteiger charge is -2.15. The molecule has 2 aliphatic rings. The van der Waals surface area contributed by atoms with E-state index in [1.165, 1.54) is 25.7 Å². The van der Waals surface area contributed by atoms with Gasteiger partial charge in [-0.05, 0) is 37.8 Å². The SMILES string of the molecule is O=C(NCCc1nnc2n1CCCC2)c1cc(C2CC2)nc2ccccc12. The van der Waals surface area contributed by atoms with Crippen LogP contribution in [0.5, 0.6) is 0 Å². The van der Waals surface area contributed by atoms with Crippen molar-refractivity contribution in [1.82, 2.24) is 25.1 Å². The van der Waals surface area contributed by atoms with Crippen molar-refractivity contribution in [3.05, 3.63) is 53.2 Å². The number of aryl methyl sites for hydroxylation is 1.